The van der Waals surface area contributed by atoms with Gasteiger partial charge in [-0.3, -0.25) is 9.48 Å². The van der Waals surface area contributed by atoms with Crippen molar-refractivity contribution in [2.75, 3.05) is 39.2 Å². The highest BCUT2D eigenvalue weighted by molar-refractivity contribution is 6.04. The molecule has 2 aromatic rings. The molecule has 1 aliphatic rings. The van der Waals surface area contributed by atoms with Crippen LogP contribution in [0.4, 0.5) is 5.69 Å². The third-order valence-electron chi connectivity index (χ3n) is 4.24. The monoisotopic (exact) mass is 358 g/mol. The summed E-state index contributed by atoms with van der Waals surface area (Å²) in [6.07, 6.45) is 5.82. The lowest BCUT2D eigenvalue weighted by molar-refractivity contribution is 0.0679. The Morgan fingerprint density at radius 3 is 2.88 bits per heavy atom. The molecule has 1 aromatic carbocycles. The van der Waals surface area contributed by atoms with Crippen LogP contribution >= 0.6 is 0 Å². The van der Waals surface area contributed by atoms with Crippen LogP contribution in [0.2, 0.25) is 0 Å². The molecule has 1 fully saturated rings. The van der Waals surface area contributed by atoms with Crippen molar-refractivity contribution >= 4 is 11.6 Å². The van der Waals surface area contributed by atoms with E-state index in [0.29, 0.717) is 17.9 Å². The number of hydrogen-bond acceptors (Lipinski definition) is 5. The average molecular weight is 358 g/mol. The third kappa shape index (κ3) is 5.31. The van der Waals surface area contributed by atoms with Crippen LogP contribution in [0.1, 0.15) is 23.2 Å². The van der Waals surface area contributed by atoms with Crippen molar-refractivity contribution in [3.05, 3.63) is 42.2 Å². The zero-order valence-electron chi connectivity index (χ0n) is 15.4. The van der Waals surface area contributed by atoms with E-state index < -0.39 is 0 Å². The van der Waals surface area contributed by atoms with Crippen LogP contribution in [0.3, 0.4) is 0 Å². The van der Waals surface area contributed by atoms with E-state index in [1.54, 1.807) is 18.3 Å². The van der Waals surface area contributed by atoms with Gasteiger partial charge >= 0.3 is 0 Å². The van der Waals surface area contributed by atoms with Gasteiger partial charge in [-0.2, -0.15) is 5.10 Å². The molecule has 1 aliphatic heterocycles. The van der Waals surface area contributed by atoms with Gasteiger partial charge < -0.3 is 19.7 Å². The van der Waals surface area contributed by atoms with Crippen molar-refractivity contribution in [2.45, 2.75) is 25.5 Å². The Kier molecular flexibility index (Phi) is 6.25. The Hall–Kier alpha value is -2.38. The zero-order valence-corrected chi connectivity index (χ0v) is 15.4. The van der Waals surface area contributed by atoms with E-state index in [-0.39, 0.29) is 12.0 Å². The lowest BCUT2D eigenvalue weighted by Gasteiger charge is -2.11. The van der Waals surface area contributed by atoms with Crippen molar-refractivity contribution in [1.29, 1.82) is 0 Å². The van der Waals surface area contributed by atoms with E-state index in [0.717, 1.165) is 38.3 Å². The molecule has 0 aliphatic carbocycles. The number of rotatable bonds is 8. The SMILES string of the molecule is CN(C)CCn1cc(NC(=O)c2ccc(OC[C@H]3CCCO3)cc2)cn1. The first-order valence-corrected chi connectivity index (χ1v) is 8.93. The van der Waals surface area contributed by atoms with Crippen molar-refractivity contribution < 1.29 is 14.3 Å². The first-order valence-electron chi connectivity index (χ1n) is 8.93. The summed E-state index contributed by atoms with van der Waals surface area (Å²) in [7, 11) is 4.03. The summed E-state index contributed by atoms with van der Waals surface area (Å²) in [5.41, 5.74) is 1.27. The lowest BCUT2D eigenvalue weighted by Crippen LogP contribution is -2.18. The van der Waals surface area contributed by atoms with E-state index >= 15 is 0 Å². The Balaban J connectivity index is 1.49. The second kappa shape index (κ2) is 8.82. The molecule has 0 spiro atoms. The molecule has 0 radical (unpaired) electrons. The number of ether oxygens (including phenoxy) is 2. The minimum Gasteiger partial charge on any atom is -0.491 e. The molecule has 3 rings (SSSR count). The quantitative estimate of drug-likeness (QED) is 0.784. The molecular weight excluding hydrogens is 332 g/mol. The van der Waals surface area contributed by atoms with E-state index in [1.165, 1.54) is 0 Å². The number of anilines is 1. The smallest absolute Gasteiger partial charge is 0.255 e. The van der Waals surface area contributed by atoms with Gasteiger partial charge in [0.25, 0.3) is 5.91 Å². The fourth-order valence-electron chi connectivity index (χ4n) is 2.72. The highest BCUT2D eigenvalue weighted by Gasteiger charge is 2.16. The van der Waals surface area contributed by atoms with Crippen LogP contribution < -0.4 is 10.1 Å². The number of aromatic nitrogens is 2. The van der Waals surface area contributed by atoms with Crippen molar-refractivity contribution in [3.8, 4) is 5.75 Å². The van der Waals surface area contributed by atoms with E-state index in [9.17, 15) is 4.79 Å². The number of carbonyl (C=O) groups is 1. The fraction of sp³-hybridized carbons (Fsp3) is 0.474. The van der Waals surface area contributed by atoms with Gasteiger partial charge in [-0.1, -0.05) is 0 Å². The molecule has 1 aromatic heterocycles. The molecular formula is C19H26N4O3. The van der Waals surface area contributed by atoms with Gasteiger partial charge in [-0.25, -0.2) is 0 Å². The molecule has 140 valence electrons. The zero-order chi connectivity index (χ0) is 18.4. The molecule has 2 heterocycles. The number of carbonyl (C=O) groups excluding carboxylic acids is 1. The summed E-state index contributed by atoms with van der Waals surface area (Å²) in [6, 6.07) is 7.14. The predicted octanol–water partition coefficient (Wildman–Crippen LogP) is 2.25. The second-order valence-corrected chi connectivity index (χ2v) is 6.72. The van der Waals surface area contributed by atoms with Crippen LogP contribution in [0, 0.1) is 0 Å². The second-order valence-electron chi connectivity index (χ2n) is 6.72. The van der Waals surface area contributed by atoms with Crippen LogP contribution in [-0.4, -0.2) is 60.5 Å². The van der Waals surface area contributed by atoms with Crippen molar-refractivity contribution in [3.63, 3.8) is 0 Å². The van der Waals surface area contributed by atoms with Crippen molar-refractivity contribution in [2.24, 2.45) is 0 Å². The Morgan fingerprint density at radius 2 is 2.19 bits per heavy atom. The number of benzene rings is 1. The number of amides is 1. The molecule has 7 nitrogen and oxygen atoms in total. The Bertz CT molecular complexity index is 706. The molecule has 26 heavy (non-hydrogen) atoms. The van der Waals surface area contributed by atoms with Gasteiger partial charge in [0.1, 0.15) is 12.4 Å². The first-order chi connectivity index (χ1) is 12.6. The minimum atomic E-state index is -0.164. The summed E-state index contributed by atoms with van der Waals surface area (Å²) in [6.45, 7) is 3.04. The van der Waals surface area contributed by atoms with Crippen LogP contribution in [-0.2, 0) is 11.3 Å². The van der Waals surface area contributed by atoms with E-state index in [2.05, 4.69) is 15.3 Å². The summed E-state index contributed by atoms with van der Waals surface area (Å²) in [5.74, 6) is 0.580. The molecule has 1 atom stereocenters. The maximum absolute atomic E-state index is 12.4. The van der Waals surface area contributed by atoms with Gasteiger partial charge in [0.05, 0.1) is 24.5 Å². The number of hydrogen-bond donors (Lipinski definition) is 1. The van der Waals surface area contributed by atoms with Crippen LogP contribution in [0.15, 0.2) is 36.7 Å². The topological polar surface area (TPSA) is 68.6 Å². The first kappa shape index (κ1) is 18.4. The summed E-state index contributed by atoms with van der Waals surface area (Å²) < 4.78 is 13.1. The van der Waals surface area contributed by atoms with Crippen molar-refractivity contribution in [1.82, 2.24) is 14.7 Å². The average Bonchev–Trinajstić information content (AvgIpc) is 3.30. The molecule has 0 bridgehead atoms. The van der Waals surface area contributed by atoms with Crippen LogP contribution in [0.25, 0.3) is 0 Å². The number of nitrogens with one attached hydrogen (secondary N) is 1. The summed E-state index contributed by atoms with van der Waals surface area (Å²) >= 11 is 0. The minimum absolute atomic E-state index is 0.164. The largest absolute Gasteiger partial charge is 0.491 e. The summed E-state index contributed by atoms with van der Waals surface area (Å²) in [5, 5.41) is 7.12. The lowest BCUT2D eigenvalue weighted by atomic mass is 10.2. The molecule has 0 unspecified atom stereocenters. The molecule has 1 saturated heterocycles. The number of likely N-dealkylation sites (N-methyl/N-ethyl adjacent to an activating group) is 1. The van der Waals surface area contributed by atoms with Gasteiger partial charge in [-0.15, -0.1) is 0 Å². The fourth-order valence-corrected chi connectivity index (χ4v) is 2.72. The molecule has 1 amide bonds. The third-order valence-corrected chi connectivity index (χ3v) is 4.24. The number of nitrogens with zero attached hydrogens (tertiary/aromatic N) is 3. The predicted molar refractivity (Wildman–Crippen MR) is 99.6 cm³/mol. The highest BCUT2D eigenvalue weighted by atomic mass is 16.5. The molecule has 0 saturated carbocycles. The maximum Gasteiger partial charge on any atom is 0.255 e. The van der Waals surface area contributed by atoms with Gasteiger partial charge in [0, 0.05) is 24.9 Å². The molecule has 1 N–H and O–H groups in total. The Morgan fingerprint density at radius 1 is 1.38 bits per heavy atom. The van der Waals surface area contributed by atoms with Crippen LogP contribution in [0.5, 0.6) is 5.75 Å². The van der Waals surface area contributed by atoms with E-state index in [4.69, 9.17) is 9.47 Å². The standard InChI is InChI=1S/C19H26N4O3/c1-22(2)9-10-23-13-16(12-20-23)21-19(24)15-5-7-17(8-6-15)26-14-18-4-3-11-25-18/h5-8,12-13,18H,3-4,9-11,14H2,1-2H3,(H,21,24)/t18-/m1/s1. The maximum atomic E-state index is 12.4. The highest BCUT2D eigenvalue weighted by Crippen LogP contribution is 2.17. The Labute approximate surface area is 153 Å². The molecule has 7 heteroatoms. The van der Waals surface area contributed by atoms with Gasteiger partial charge in [0.15, 0.2) is 0 Å². The summed E-state index contributed by atoms with van der Waals surface area (Å²) in [4.78, 5) is 14.4. The van der Waals surface area contributed by atoms with Gasteiger partial charge in [-0.05, 0) is 51.2 Å². The van der Waals surface area contributed by atoms with Gasteiger partial charge in [0.2, 0.25) is 0 Å². The van der Waals surface area contributed by atoms with E-state index in [1.807, 2.05) is 37.1 Å². The normalized spacial score (nSPS) is 16.8.